The molecule has 29 heavy (non-hydrogen) atoms. The molecular weight excluding hydrogens is 368 g/mol. The van der Waals surface area contributed by atoms with E-state index >= 15 is 0 Å². The number of amides is 2. The number of benzene rings is 3. The van der Waals surface area contributed by atoms with Crippen LogP contribution in [0.3, 0.4) is 0 Å². The van der Waals surface area contributed by atoms with Crippen LogP contribution in [0, 0.1) is 0 Å². The quantitative estimate of drug-likeness (QED) is 0.604. The molecule has 2 N–H and O–H groups in total. The van der Waals surface area contributed by atoms with Crippen molar-refractivity contribution in [2.45, 2.75) is 26.4 Å². The van der Waals surface area contributed by atoms with Crippen molar-refractivity contribution in [3.8, 4) is 11.5 Å². The molecule has 3 aromatic rings. The highest BCUT2D eigenvalue weighted by Crippen LogP contribution is 2.21. The van der Waals surface area contributed by atoms with Crippen LogP contribution in [0.15, 0.2) is 66.7 Å². The van der Waals surface area contributed by atoms with E-state index in [1.165, 1.54) is 5.56 Å². The lowest BCUT2D eigenvalue weighted by Crippen LogP contribution is -2.48. The number of fused-ring (bicyclic) bond motifs is 1. The van der Waals surface area contributed by atoms with E-state index in [2.05, 4.69) is 17.8 Å². The Balaban J connectivity index is 1.44. The Hall–Kier alpha value is -3.54. The Morgan fingerprint density at radius 1 is 0.897 bits per heavy atom. The molecule has 0 aliphatic carbocycles. The Morgan fingerprint density at radius 3 is 2.31 bits per heavy atom. The summed E-state index contributed by atoms with van der Waals surface area (Å²) in [7, 11) is 0. The molecule has 0 saturated carbocycles. The first-order chi connectivity index (χ1) is 14.0. The van der Waals surface area contributed by atoms with E-state index in [0.29, 0.717) is 11.5 Å². The minimum atomic E-state index is -0.779. The van der Waals surface area contributed by atoms with Gasteiger partial charge in [-0.05, 0) is 53.9 Å². The average Bonchev–Trinajstić information content (AvgIpc) is 2.76. The predicted molar refractivity (Wildman–Crippen MR) is 112 cm³/mol. The third-order valence-corrected chi connectivity index (χ3v) is 4.43. The number of hydrazine groups is 1. The summed E-state index contributed by atoms with van der Waals surface area (Å²) >= 11 is 0. The van der Waals surface area contributed by atoms with Crippen LogP contribution in [0.2, 0.25) is 0 Å². The maximum absolute atomic E-state index is 12.2. The number of hydrogen-bond acceptors (Lipinski definition) is 4. The van der Waals surface area contributed by atoms with Crippen LogP contribution >= 0.6 is 0 Å². The van der Waals surface area contributed by atoms with Gasteiger partial charge in [0.05, 0.1) is 0 Å². The lowest BCUT2D eigenvalue weighted by Gasteiger charge is -2.15. The van der Waals surface area contributed by atoms with Gasteiger partial charge in [-0.15, -0.1) is 0 Å². The molecule has 0 aliphatic rings. The monoisotopic (exact) mass is 392 g/mol. The summed E-state index contributed by atoms with van der Waals surface area (Å²) in [6.07, 6.45) is 0.158. The van der Waals surface area contributed by atoms with Gasteiger partial charge in [0.15, 0.2) is 12.7 Å². The van der Waals surface area contributed by atoms with E-state index in [9.17, 15) is 9.59 Å². The van der Waals surface area contributed by atoms with Gasteiger partial charge < -0.3 is 9.47 Å². The van der Waals surface area contributed by atoms with E-state index in [1.54, 1.807) is 6.92 Å². The largest absolute Gasteiger partial charge is 0.484 e. The first kappa shape index (κ1) is 20.2. The fourth-order valence-electron chi connectivity index (χ4n) is 2.74. The number of aryl methyl sites for hydroxylation is 1. The molecule has 0 spiro atoms. The lowest BCUT2D eigenvalue weighted by atomic mass is 10.1. The maximum atomic E-state index is 12.2. The molecule has 1 atom stereocenters. The van der Waals surface area contributed by atoms with Crippen molar-refractivity contribution in [1.82, 2.24) is 10.9 Å². The molecule has 0 saturated heterocycles. The van der Waals surface area contributed by atoms with Gasteiger partial charge in [-0.25, -0.2) is 0 Å². The SMILES string of the molecule is CCc1ccc(OCC(=O)NNC(=O)C(C)Oc2ccc3ccccc3c2)cc1. The first-order valence-corrected chi connectivity index (χ1v) is 9.51. The maximum Gasteiger partial charge on any atom is 0.279 e. The van der Waals surface area contributed by atoms with Gasteiger partial charge in [0.25, 0.3) is 11.8 Å². The molecule has 0 radical (unpaired) electrons. The minimum Gasteiger partial charge on any atom is -0.484 e. The summed E-state index contributed by atoms with van der Waals surface area (Å²) in [5.41, 5.74) is 5.87. The number of ether oxygens (including phenoxy) is 2. The van der Waals surface area contributed by atoms with Gasteiger partial charge in [-0.2, -0.15) is 0 Å². The summed E-state index contributed by atoms with van der Waals surface area (Å²) in [4.78, 5) is 24.0. The van der Waals surface area contributed by atoms with Gasteiger partial charge in [0.1, 0.15) is 11.5 Å². The molecule has 0 heterocycles. The van der Waals surface area contributed by atoms with Gasteiger partial charge in [-0.3, -0.25) is 20.4 Å². The Kier molecular flexibility index (Phi) is 6.68. The van der Waals surface area contributed by atoms with Crippen LogP contribution in [0.1, 0.15) is 19.4 Å². The summed E-state index contributed by atoms with van der Waals surface area (Å²) < 4.78 is 11.1. The molecule has 150 valence electrons. The van der Waals surface area contributed by atoms with Crippen LogP contribution in [-0.2, 0) is 16.0 Å². The molecular formula is C23H24N2O4. The van der Waals surface area contributed by atoms with Crippen molar-refractivity contribution in [2.75, 3.05) is 6.61 Å². The van der Waals surface area contributed by atoms with Crippen molar-refractivity contribution in [2.24, 2.45) is 0 Å². The summed E-state index contributed by atoms with van der Waals surface area (Å²) in [5, 5.41) is 2.11. The normalized spacial score (nSPS) is 11.5. The Labute approximate surface area is 169 Å². The second kappa shape index (κ2) is 9.59. The van der Waals surface area contributed by atoms with Crippen molar-refractivity contribution in [3.63, 3.8) is 0 Å². The number of carbonyl (C=O) groups excluding carboxylic acids is 2. The van der Waals surface area contributed by atoms with E-state index < -0.39 is 17.9 Å². The van der Waals surface area contributed by atoms with Crippen LogP contribution in [0.4, 0.5) is 0 Å². The molecule has 0 aromatic heterocycles. The number of rotatable bonds is 7. The number of nitrogens with one attached hydrogen (secondary N) is 2. The molecule has 3 rings (SSSR count). The van der Waals surface area contributed by atoms with Crippen LogP contribution in [-0.4, -0.2) is 24.5 Å². The van der Waals surface area contributed by atoms with Crippen LogP contribution < -0.4 is 20.3 Å². The molecule has 6 heteroatoms. The third-order valence-electron chi connectivity index (χ3n) is 4.43. The van der Waals surface area contributed by atoms with Gasteiger partial charge in [-0.1, -0.05) is 49.4 Å². The topological polar surface area (TPSA) is 76.7 Å². The molecule has 1 unspecified atom stereocenters. The smallest absolute Gasteiger partial charge is 0.279 e. The highest BCUT2D eigenvalue weighted by atomic mass is 16.5. The fraction of sp³-hybridized carbons (Fsp3) is 0.217. The van der Waals surface area contributed by atoms with Crippen molar-refractivity contribution >= 4 is 22.6 Å². The average molecular weight is 392 g/mol. The Morgan fingerprint density at radius 2 is 1.59 bits per heavy atom. The predicted octanol–water partition coefficient (Wildman–Crippen LogP) is 3.40. The standard InChI is InChI=1S/C23H24N2O4/c1-3-17-8-11-20(12-9-17)28-15-22(26)24-25-23(27)16(2)29-21-13-10-18-6-4-5-7-19(18)14-21/h4-14,16H,3,15H2,1-2H3,(H,24,26)(H,25,27). The fourth-order valence-corrected chi connectivity index (χ4v) is 2.74. The molecule has 3 aromatic carbocycles. The molecule has 0 aliphatic heterocycles. The Bertz CT molecular complexity index is 986. The molecule has 6 nitrogen and oxygen atoms in total. The van der Waals surface area contributed by atoms with Gasteiger partial charge >= 0.3 is 0 Å². The van der Waals surface area contributed by atoms with Crippen molar-refractivity contribution in [3.05, 3.63) is 72.3 Å². The zero-order valence-corrected chi connectivity index (χ0v) is 16.5. The highest BCUT2D eigenvalue weighted by Gasteiger charge is 2.15. The molecule has 2 amide bonds. The van der Waals surface area contributed by atoms with Gasteiger partial charge in [0, 0.05) is 0 Å². The van der Waals surface area contributed by atoms with Crippen molar-refractivity contribution < 1.29 is 19.1 Å². The highest BCUT2D eigenvalue weighted by molar-refractivity contribution is 5.86. The zero-order valence-electron chi connectivity index (χ0n) is 16.5. The molecule has 0 fully saturated rings. The first-order valence-electron chi connectivity index (χ1n) is 9.51. The van der Waals surface area contributed by atoms with E-state index in [-0.39, 0.29) is 6.61 Å². The second-order valence-electron chi connectivity index (χ2n) is 6.59. The van der Waals surface area contributed by atoms with E-state index in [0.717, 1.165) is 17.2 Å². The van der Waals surface area contributed by atoms with E-state index in [4.69, 9.17) is 9.47 Å². The summed E-state index contributed by atoms with van der Waals surface area (Å²) in [5.74, 6) is 0.253. The van der Waals surface area contributed by atoms with Crippen molar-refractivity contribution in [1.29, 1.82) is 0 Å². The number of carbonyl (C=O) groups is 2. The van der Waals surface area contributed by atoms with Gasteiger partial charge in [0.2, 0.25) is 0 Å². The van der Waals surface area contributed by atoms with Crippen LogP contribution in [0.5, 0.6) is 11.5 Å². The zero-order chi connectivity index (χ0) is 20.6. The van der Waals surface area contributed by atoms with E-state index in [1.807, 2.05) is 66.7 Å². The number of hydrogen-bond donors (Lipinski definition) is 2. The van der Waals surface area contributed by atoms with Crippen LogP contribution in [0.25, 0.3) is 10.8 Å². The summed E-state index contributed by atoms with van der Waals surface area (Å²) in [6.45, 7) is 3.48. The lowest BCUT2D eigenvalue weighted by molar-refractivity contribution is -0.133. The molecule has 0 bridgehead atoms. The second-order valence-corrected chi connectivity index (χ2v) is 6.59. The third kappa shape index (κ3) is 5.72. The minimum absolute atomic E-state index is 0.203. The summed E-state index contributed by atoms with van der Waals surface area (Å²) in [6, 6.07) is 21.0.